The third kappa shape index (κ3) is 4.57. The van der Waals surface area contributed by atoms with Crippen molar-refractivity contribution in [3.63, 3.8) is 0 Å². The van der Waals surface area contributed by atoms with Crippen molar-refractivity contribution in [1.82, 2.24) is 14.5 Å². The van der Waals surface area contributed by atoms with Crippen molar-refractivity contribution >= 4 is 17.9 Å². The molecule has 2 atom stereocenters. The first-order valence-electron chi connectivity index (χ1n) is 12.8. The maximum atomic E-state index is 14.7. The third-order valence-corrected chi connectivity index (χ3v) is 7.99. The molecule has 38 heavy (non-hydrogen) atoms. The molecule has 2 saturated heterocycles. The molecule has 6 rings (SSSR count). The van der Waals surface area contributed by atoms with E-state index in [0.29, 0.717) is 48.3 Å². The Hall–Kier alpha value is -3.01. The Bertz CT molecular complexity index is 1370. The summed E-state index contributed by atoms with van der Waals surface area (Å²) < 4.78 is 48.6. The predicted octanol–water partition coefficient (Wildman–Crippen LogP) is 5.44. The normalized spacial score (nSPS) is 23.4. The number of aromatic nitrogens is 2. The van der Waals surface area contributed by atoms with Crippen LogP contribution in [0.2, 0.25) is 5.02 Å². The number of carbonyl (C=O) groups is 1. The number of imidazole rings is 1. The first-order valence-corrected chi connectivity index (χ1v) is 13.2. The highest BCUT2D eigenvalue weighted by Gasteiger charge is 2.43. The summed E-state index contributed by atoms with van der Waals surface area (Å²) in [6.07, 6.45) is 3.10. The van der Waals surface area contributed by atoms with Crippen molar-refractivity contribution in [3.8, 4) is 11.5 Å². The Morgan fingerprint density at radius 1 is 1.16 bits per heavy atom. The number of fused-ring (bicyclic) bond motifs is 1. The van der Waals surface area contributed by atoms with Gasteiger partial charge in [-0.2, -0.15) is 4.39 Å². The van der Waals surface area contributed by atoms with E-state index in [9.17, 15) is 13.6 Å². The van der Waals surface area contributed by atoms with Crippen LogP contribution in [0, 0.1) is 11.8 Å². The van der Waals surface area contributed by atoms with Gasteiger partial charge < -0.3 is 18.8 Å². The molecule has 2 fully saturated rings. The molecule has 4 heterocycles. The monoisotopic (exact) mass is 543 g/mol. The number of benzene rings is 2. The highest BCUT2D eigenvalue weighted by Crippen LogP contribution is 2.49. The van der Waals surface area contributed by atoms with Gasteiger partial charge in [0.2, 0.25) is 5.95 Å². The van der Waals surface area contributed by atoms with Crippen LogP contribution in [0.1, 0.15) is 59.5 Å². The first-order chi connectivity index (χ1) is 18.3. The molecular formula is C28H28ClF2N3O4. The SMILES string of the molecule is CC1(c2ccc(Cl)cc2F)Oc2cccc(C3CCN(Cc4nc(F)c(C=O)n4CC4CCO4)CC3)c2O1. The Morgan fingerprint density at radius 3 is 2.63 bits per heavy atom. The fourth-order valence-corrected chi connectivity index (χ4v) is 5.75. The molecule has 7 nitrogen and oxygen atoms in total. The van der Waals surface area contributed by atoms with E-state index < -0.39 is 17.6 Å². The Balaban J connectivity index is 1.15. The summed E-state index contributed by atoms with van der Waals surface area (Å²) in [6, 6.07) is 10.2. The number of hydrogen-bond acceptors (Lipinski definition) is 6. The Labute approximate surface area is 224 Å². The zero-order chi connectivity index (χ0) is 26.4. The van der Waals surface area contributed by atoms with Crippen molar-refractivity contribution in [3.05, 3.63) is 75.8 Å². The Morgan fingerprint density at radius 2 is 1.95 bits per heavy atom. The van der Waals surface area contributed by atoms with Crippen molar-refractivity contribution in [2.75, 3.05) is 19.7 Å². The lowest BCUT2D eigenvalue weighted by atomic mass is 9.88. The van der Waals surface area contributed by atoms with Gasteiger partial charge in [-0.15, -0.1) is 0 Å². The predicted molar refractivity (Wildman–Crippen MR) is 136 cm³/mol. The number of likely N-dealkylation sites (tertiary alicyclic amines) is 1. The van der Waals surface area contributed by atoms with Crippen LogP contribution in [0.5, 0.6) is 11.5 Å². The standard InChI is InChI=1S/C28H28ClF2N3O4/c1-28(21-6-5-18(29)13-22(21)30)37-24-4-2-3-20(26(24)38-28)17-7-10-33(11-8-17)15-25-32-27(31)23(16-35)34(25)14-19-9-12-36-19/h2-6,13,16-17,19H,7-12,14-15H2,1H3. The summed E-state index contributed by atoms with van der Waals surface area (Å²) in [5, 5.41) is 0.307. The molecule has 0 N–H and O–H groups in total. The molecule has 1 aromatic heterocycles. The van der Waals surface area contributed by atoms with Gasteiger partial charge in [0.15, 0.2) is 17.8 Å². The fraction of sp³-hybridized carbons (Fsp3) is 0.429. The molecule has 0 bridgehead atoms. The number of halogens is 3. The van der Waals surface area contributed by atoms with Gasteiger partial charge >= 0.3 is 0 Å². The van der Waals surface area contributed by atoms with Gasteiger partial charge in [-0.05, 0) is 62.5 Å². The van der Waals surface area contributed by atoms with Crippen LogP contribution < -0.4 is 9.47 Å². The lowest BCUT2D eigenvalue weighted by Crippen LogP contribution is -2.36. The van der Waals surface area contributed by atoms with Gasteiger partial charge in [-0.1, -0.05) is 23.7 Å². The Kier molecular flexibility index (Phi) is 6.62. The molecule has 2 aromatic carbocycles. The highest BCUT2D eigenvalue weighted by molar-refractivity contribution is 6.30. The quantitative estimate of drug-likeness (QED) is 0.370. The molecule has 0 amide bonds. The number of hydrogen-bond donors (Lipinski definition) is 0. The number of nitrogens with zero attached hydrogens (tertiary/aromatic N) is 3. The van der Waals surface area contributed by atoms with E-state index in [2.05, 4.69) is 9.88 Å². The zero-order valence-electron chi connectivity index (χ0n) is 21.0. The minimum atomic E-state index is -1.30. The number of rotatable bonds is 7. The van der Waals surface area contributed by atoms with Crippen LogP contribution in [-0.2, 0) is 23.6 Å². The largest absolute Gasteiger partial charge is 0.444 e. The third-order valence-electron chi connectivity index (χ3n) is 7.76. The van der Waals surface area contributed by atoms with Gasteiger partial charge in [-0.3, -0.25) is 9.69 Å². The van der Waals surface area contributed by atoms with Crippen LogP contribution in [0.15, 0.2) is 36.4 Å². The van der Waals surface area contributed by atoms with E-state index in [1.807, 2.05) is 18.2 Å². The average molecular weight is 544 g/mol. The summed E-state index contributed by atoms with van der Waals surface area (Å²) >= 11 is 5.93. The molecule has 3 aliphatic rings. The van der Waals surface area contributed by atoms with E-state index >= 15 is 0 Å². The molecule has 3 aliphatic heterocycles. The molecular weight excluding hydrogens is 516 g/mol. The zero-order valence-corrected chi connectivity index (χ0v) is 21.7. The molecule has 3 aromatic rings. The van der Waals surface area contributed by atoms with Crippen LogP contribution in [0.3, 0.4) is 0 Å². The summed E-state index contributed by atoms with van der Waals surface area (Å²) in [4.78, 5) is 17.8. The van der Waals surface area contributed by atoms with Gasteiger partial charge in [-0.25, -0.2) is 9.37 Å². The van der Waals surface area contributed by atoms with Crippen LogP contribution >= 0.6 is 11.6 Å². The van der Waals surface area contributed by atoms with Gasteiger partial charge in [0, 0.05) is 24.1 Å². The van der Waals surface area contributed by atoms with E-state index in [4.69, 9.17) is 25.8 Å². The molecule has 2 unspecified atom stereocenters. The van der Waals surface area contributed by atoms with Gasteiger partial charge in [0.05, 0.1) is 24.8 Å². The topological polar surface area (TPSA) is 65.8 Å². The molecule has 10 heteroatoms. The van der Waals surface area contributed by atoms with Gasteiger partial charge in [0.1, 0.15) is 17.3 Å². The minimum Gasteiger partial charge on any atom is -0.444 e. The van der Waals surface area contributed by atoms with Crippen LogP contribution in [-0.4, -0.2) is 46.5 Å². The molecule has 0 radical (unpaired) electrons. The van der Waals surface area contributed by atoms with E-state index in [0.717, 1.165) is 37.9 Å². The smallest absolute Gasteiger partial charge is 0.278 e. The lowest BCUT2D eigenvalue weighted by molar-refractivity contribution is -0.0712. The van der Waals surface area contributed by atoms with Gasteiger partial charge in [0.25, 0.3) is 5.79 Å². The van der Waals surface area contributed by atoms with E-state index in [1.165, 1.54) is 6.07 Å². The molecule has 0 aliphatic carbocycles. The second-order valence-corrected chi connectivity index (χ2v) is 10.6. The van der Waals surface area contributed by atoms with Crippen molar-refractivity contribution in [1.29, 1.82) is 0 Å². The summed E-state index contributed by atoms with van der Waals surface area (Å²) in [7, 11) is 0. The number of carbonyl (C=O) groups excluding carboxylic acids is 1. The van der Waals surface area contributed by atoms with Crippen molar-refractivity contribution in [2.45, 2.75) is 57.1 Å². The van der Waals surface area contributed by atoms with E-state index in [-0.39, 0.29) is 23.3 Å². The maximum Gasteiger partial charge on any atom is 0.278 e. The highest BCUT2D eigenvalue weighted by atomic mass is 35.5. The second kappa shape index (κ2) is 9.94. The molecule has 0 spiro atoms. The van der Waals surface area contributed by atoms with Crippen molar-refractivity contribution in [2.24, 2.45) is 0 Å². The summed E-state index contributed by atoms with van der Waals surface area (Å²) in [5.41, 5.74) is 1.28. The number of ether oxygens (including phenoxy) is 3. The van der Waals surface area contributed by atoms with Crippen LogP contribution in [0.4, 0.5) is 8.78 Å². The number of aldehydes is 1. The summed E-state index contributed by atoms with van der Waals surface area (Å²) in [6.45, 7) is 4.80. The second-order valence-electron chi connectivity index (χ2n) is 10.2. The van der Waals surface area contributed by atoms with Crippen LogP contribution in [0.25, 0.3) is 0 Å². The number of piperidine rings is 1. The van der Waals surface area contributed by atoms with Crippen molar-refractivity contribution < 1.29 is 27.8 Å². The lowest BCUT2D eigenvalue weighted by Gasteiger charge is -2.33. The minimum absolute atomic E-state index is 0.0128. The summed E-state index contributed by atoms with van der Waals surface area (Å²) in [5.74, 6) is -0.546. The molecule has 0 saturated carbocycles. The number of para-hydroxylation sites is 1. The first kappa shape index (κ1) is 25.3. The van der Waals surface area contributed by atoms with E-state index in [1.54, 1.807) is 23.6 Å². The maximum absolute atomic E-state index is 14.7. The fourth-order valence-electron chi connectivity index (χ4n) is 5.59. The average Bonchev–Trinajstić information content (AvgIpc) is 3.37. The molecule has 200 valence electrons.